The third-order valence-electron chi connectivity index (χ3n) is 5.77. The summed E-state index contributed by atoms with van der Waals surface area (Å²) in [6, 6.07) is 14.6. The van der Waals surface area contributed by atoms with Crippen molar-refractivity contribution in [2.24, 2.45) is 4.99 Å². The van der Waals surface area contributed by atoms with Gasteiger partial charge in [-0.25, -0.2) is 0 Å². The van der Waals surface area contributed by atoms with Crippen LogP contribution in [0.5, 0.6) is 5.75 Å². The first kappa shape index (κ1) is 31.7. The molecule has 8 heteroatoms. The van der Waals surface area contributed by atoms with Crippen molar-refractivity contribution in [1.82, 2.24) is 10.6 Å². The first-order chi connectivity index (χ1) is 18.8. The number of ether oxygens (including phenoxy) is 1. The largest absolute Gasteiger partial charge is 0.486 e. The molecule has 0 aromatic heterocycles. The summed E-state index contributed by atoms with van der Waals surface area (Å²) in [6.45, 7) is 4.99. The van der Waals surface area contributed by atoms with Gasteiger partial charge in [0.15, 0.2) is 0 Å². The van der Waals surface area contributed by atoms with Crippen LogP contribution in [-0.2, 0) is 6.18 Å². The van der Waals surface area contributed by atoms with Crippen LogP contribution in [0.4, 0.5) is 13.2 Å². The Labute approximate surface area is 234 Å². The van der Waals surface area contributed by atoms with E-state index in [4.69, 9.17) is 16.3 Å². The van der Waals surface area contributed by atoms with Crippen molar-refractivity contribution in [3.05, 3.63) is 100 Å². The highest BCUT2D eigenvalue weighted by Crippen LogP contribution is 2.32. The van der Waals surface area contributed by atoms with Gasteiger partial charge in [-0.2, -0.15) is 13.2 Å². The van der Waals surface area contributed by atoms with Gasteiger partial charge >= 0.3 is 6.18 Å². The Morgan fingerprint density at radius 2 is 1.74 bits per heavy atom. The maximum Gasteiger partial charge on any atom is 0.416 e. The van der Waals surface area contributed by atoms with Gasteiger partial charge < -0.3 is 15.4 Å². The second-order valence-electron chi connectivity index (χ2n) is 8.73. The molecule has 2 N–H and O–H groups in total. The molecule has 0 saturated carbocycles. The fourth-order valence-corrected chi connectivity index (χ4v) is 3.89. The summed E-state index contributed by atoms with van der Waals surface area (Å²) in [5.74, 6) is 0.424. The molecule has 0 saturated heterocycles. The van der Waals surface area contributed by atoms with Crippen LogP contribution in [-0.4, -0.2) is 32.4 Å². The van der Waals surface area contributed by atoms with Gasteiger partial charge in [-0.1, -0.05) is 48.0 Å². The van der Waals surface area contributed by atoms with Gasteiger partial charge in [0.25, 0.3) is 0 Å². The van der Waals surface area contributed by atoms with Crippen molar-refractivity contribution < 1.29 is 17.9 Å². The van der Waals surface area contributed by atoms with Gasteiger partial charge in [0.05, 0.1) is 12.1 Å². The molecule has 0 aliphatic carbocycles. The number of benzene rings is 2. The van der Waals surface area contributed by atoms with Crippen LogP contribution >= 0.6 is 11.6 Å². The zero-order chi connectivity index (χ0) is 28.5. The van der Waals surface area contributed by atoms with Crippen molar-refractivity contribution >= 4 is 17.8 Å². The topological polar surface area (TPSA) is 45.7 Å². The number of rotatable bonds is 13. The predicted molar refractivity (Wildman–Crippen MR) is 155 cm³/mol. The highest BCUT2D eigenvalue weighted by atomic mass is 35.5. The van der Waals surface area contributed by atoms with Gasteiger partial charge in [0, 0.05) is 23.5 Å². The summed E-state index contributed by atoms with van der Waals surface area (Å²) in [4.78, 5) is 4.29. The minimum Gasteiger partial charge on any atom is -0.486 e. The smallest absolute Gasteiger partial charge is 0.416 e. The van der Waals surface area contributed by atoms with E-state index < -0.39 is 11.7 Å². The van der Waals surface area contributed by atoms with Gasteiger partial charge in [-0.15, -0.1) is 12.8 Å². The number of hydrogen-bond donors (Lipinski definition) is 2. The van der Waals surface area contributed by atoms with Crippen molar-refractivity contribution in [2.45, 2.75) is 38.5 Å². The molecule has 208 valence electrons. The fourth-order valence-electron chi connectivity index (χ4n) is 3.82. The number of alkyl halides is 3. The second kappa shape index (κ2) is 17.2. The number of aliphatic imine (C=N–C) groups is 1. The van der Waals surface area contributed by atoms with Crippen LogP contribution in [0.3, 0.4) is 0 Å². The van der Waals surface area contributed by atoms with E-state index in [2.05, 4.69) is 28.5 Å². The minimum atomic E-state index is -4.36. The monoisotopic (exact) mass is 557 g/mol. The molecular weight excluding hydrogens is 523 g/mol. The molecule has 39 heavy (non-hydrogen) atoms. The summed E-state index contributed by atoms with van der Waals surface area (Å²) in [7, 11) is 0. The number of terminal acetylenes is 1. The number of hydrogen-bond acceptors (Lipinski definition) is 4. The van der Waals surface area contributed by atoms with E-state index >= 15 is 0 Å². The molecule has 0 amide bonds. The fraction of sp³-hybridized carbons (Fsp3) is 0.323. The number of allylic oxidation sites excluding steroid dienone is 4. The number of dihydropyridines is 1. The Morgan fingerprint density at radius 3 is 2.41 bits per heavy atom. The van der Waals surface area contributed by atoms with Crippen LogP contribution in [0.1, 0.15) is 43.4 Å². The molecule has 1 unspecified atom stereocenters. The quantitative estimate of drug-likeness (QED) is 0.198. The van der Waals surface area contributed by atoms with Crippen molar-refractivity contribution in [2.75, 3.05) is 26.2 Å². The molecule has 2 aromatic carbocycles. The van der Waals surface area contributed by atoms with E-state index in [1.165, 1.54) is 12.1 Å². The molecule has 1 heterocycles. The molecule has 0 spiro atoms. The first-order valence-electron chi connectivity index (χ1n) is 12.7. The summed E-state index contributed by atoms with van der Waals surface area (Å²) in [5.41, 5.74) is 2.49. The molecule has 4 nitrogen and oxygen atoms in total. The molecule has 1 atom stereocenters. The molecule has 0 fully saturated rings. The Balaban J connectivity index is 0.00000260. The number of halogens is 4. The van der Waals surface area contributed by atoms with Gasteiger partial charge in [0.2, 0.25) is 0 Å². The highest BCUT2D eigenvalue weighted by Gasteiger charge is 2.30. The van der Waals surface area contributed by atoms with Crippen LogP contribution in [0.2, 0.25) is 0 Å². The lowest BCUT2D eigenvalue weighted by atomic mass is 10.0. The lowest BCUT2D eigenvalue weighted by Gasteiger charge is -2.20. The third kappa shape index (κ3) is 11.8. The molecule has 0 radical (unpaired) electrons. The summed E-state index contributed by atoms with van der Waals surface area (Å²) in [5, 5.41) is 7.65. The maximum atomic E-state index is 12.9. The van der Waals surface area contributed by atoms with E-state index in [1.54, 1.807) is 0 Å². The van der Waals surface area contributed by atoms with E-state index in [0.717, 1.165) is 72.9 Å². The summed E-state index contributed by atoms with van der Waals surface area (Å²) < 4.78 is 44.7. The van der Waals surface area contributed by atoms with Crippen molar-refractivity contribution in [3.8, 4) is 18.6 Å². The summed E-state index contributed by atoms with van der Waals surface area (Å²) >= 11 is 5.93. The zero-order valence-electron chi connectivity index (χ0n) is 22.1. The normalized spacial score (nSPS) is 15.2. The zero-order valence-corrected chi connectivity index (χ0v) is 22.8. The number of nitrogens with zero attached hydrogens (tertiary/aromatic N) is 1. The first-order valence-corrected chi connectivity index (χ1v) is 13.1. The SMILES string of the molecule is C#C.C/C(Cl)=C\C=C1/CN=CC=C1NCCCNCCCC(Oc1ccc(C(F)(F)F)cc1)c1ccccc1. The highest BCUT2D eigenvalue weighted by molar-refractivity contribution is 6.29. The third-order valence-corrected chi connectivity index (χ3v) is 5.89. The Bertz CT molecular complexity index is 1130. The van der Waals surface area contributed by atoms with Gasteiger partial charge in [-0.05, 0) is 86.8 Å². The number of nitrogens with one attached hydrogen (secondary N) is 2. The van der Waals surface area contributed by atoms with Crippen molar-refractivity contribution in [3.63, 3.8) is 0 Å². The molecule has 1 aliphatic rings. The second-order valence-corrected chi connectivity index (χ2v) is 9.32. The van der Waals surface area contributed by atoms with Crippen LogP contribution < -0.4 is 15.4 Å². The van der Waals surface area contributed by atoms with E-state index in [9.17, 15) is 13.2 Å². The minimum absolute atomic E-state index is 0.239. The molecule has 1 aliphatic heterocycles. The average Bonchev–Trinajstić information content (AvgIpc) is 2.94. The Hall–Kier alpha value is -3.47. The lowest BCUT2D eigenvalue weighted by Crippen LogP contribution is -2.24. The molecular formula is C31H35ClF3N3O. The molecule has 0 bridgehead atoms. The average molecular weight is 558 g/mol. The van der Waals surface area contributed by atoms with E-state index in [-0.39, 0.29) is 6.10 Å². The standard InChI is InChI=1S/C29H33ClF3N3O.C2H2/c1-22(30)10-11-24-21-35-20-16-27(24)36-19-6-18-34-17-5-9-28(23-7-3-2-4-8-23)37-26-14-12-25(13-15-26)29(31,32)33;1-2/h2-4,7-8,10-16,20,28,34,36H,5-6,9,17-19,21H2,1H3;1-2H/b22-10+,24-11+;. The lowest BCUT2D eigenvalue weighted by molar-refractivity contribution is -0.137. The Kier molecular flexibility index (Phi) is 14.0. The van der Waals surface area contributed by atoms with Crippen LogP contribution in [0.25, 0.3) is 0 Å². The maximum absolute atomic E-state index is 12.9. The Morgan fingerprint density at radius 1 is 1.05 bits per heavy atom. The van der Waals surface area contributed by atoms with E-state index in [0.29, 0.717) is 12.3 Å². The van der Waals surface area contributed by atoms with Gasteiger partial charge in [-0.3, -0.25) is 4.99 Å². The van der Waals surface area contributed by atoms with E-state index in [1.807, 2.05) is 61.7 Å². The predicted octanol–water partition coefficient (Wildman–Crippen LogP) is 7.46. The molecule has 2 aromatic rings. The van der Waals surface area contributed by atoms with Crippen LogP contribution in [0.15, 0.2) is 94.1 Å². The van der Waals surface area contributed by atoms with Crippen LogP contribution in [0, 0.1) is 12.8 Å². The summed E-state index contributed by atoms with van der Waals surface area (Å²) in [6.07, 6.45) is 13.6. The van der Waals surface area contributed by atoms with Gasteiger partial charge in [0.1, 0.15) is 11.9 Å². The molecule has 3 rings (SSSR count). The van der Waals surface area contributed by atoms with Crippen molar-refractivity contribution in [1.29, 1.82) is 0 Å².